The summed E-state index contributed by atoms with van der Waals surface area (Å²) in [6.07, 6.45) is 2.42. The van der Waals surface area contributed by atoms with Crippen LogP contribution in [0.5, 0.6) is 0 Å². The maximum absolute atomic E-state index is 5.62. The van der Waals surface area contributed by atoms with Gasteiger partial charge in [-0.15, -0.1) is 0 Å². The Balaban J connectivity index is 2.98. The molecule has 0 bridgehead atoms. The highest BCUT2D eigenvalue weighted by molar-refractivity contribution is 6.38. The second-order valence-electron chi connectivity index (χ2n) is 3.79. The molecule has 0 aliphatic heterocycles. The lowest BCUT2D eigenvalue weighted by Crippen LogP contribution is -2.33. The Morgan fingerprint density at radius 3 is 2.21 bits per heavy atom. The lowest BCUT2D eigenvalue weighted by molar-refractivity contribution is 0.494. The quantitative estimate of drug-likeness (QED) is 0.680. The van der Waals surface area contributed by atoms with Gasteiger partial charge in [0, 0.05) is 5.04 Å². The fourth-order valence-electron chi connectivity index (χ4n) is 2.01. The Hall–Kier alpha value is -0.386. The average molecular weight is 224 g/mol. The summed E-state index contributed by atoms with van der Waals surface area (Å²) in [5.74, 6) is 0. The number of hydrogen-bond donors (Lipinski definition) is 0. The molecular weight excluding hydrogens is 204 g/mol. The summed E-state index contributed by atoms with van der Waals surface area (Å²) >= 11 is 0. The molecule has 0 aliphatic carbocycles. The molecule has 1 nitrogen and oxygen atoms in total. The Kier molecular flexibility index (Phi) is 4.58. The minimum Gasteiger partial charge on any atom is -0.467 e. The lowest BCUT2D eigenvalue weighted by Gasteiger charge is -2.31. The molecule has 0 heterocycles. The third kappa shape index (κ3) is 2.35. The van der Waals surface area contributed by atoms with Gasteiger partial charge >= 0.3 is 0 Å². The Labute approximate surface area is 92.4 Å². The normalized spacial score (nSPS) is 12.7. The van der Waals surface area contributed by atoms with Crippen LogP contribution in [0.3, 0.4) is 0 Å². The van der Waals surface area contributed by atoms with E-state index in [-0.39, 0.29) is 0 Å². The van der Waals surface area contributed by atoms with Gasteiger partial charge in [-0.05, 0) is 18.4 Å². The summed E-state index contributed by atoms with van der Waals surface area (Å²) in [6.45, 7) is 4.56. The van der Waals surface area contributed by atoms with E-state index < -0.39 is 9.76 Å². The van der Waals surface area contributed by atoms with E-state index >= 15 is 0 Å². The highest BCUT2D eigenvalue weighted by Gasteiger charge is 2.28. The van der Waals surface area contributed by atoms with Crippen LogP contribution in [0, 0.1) is 0 Å². The highest BCUT2D eigenvalue weighted by atomic mass is 28.3. The molecule has 0 saturated carbocycles. The third-order valence-corrected chi connectivity index (χ3v) is 6.28. The van der Waals surface area contributed by atoms with Crippen molar-refractivity contribution in [2.75, 3.05) is 0 Å². The molecule has 0 amide bonds. The Morgan fingerprint density at radius 1 is 1.21 bits per heavy atom. The molecule has 0 fully saturated rings. The maximum atomic E-state index is 5.62. The molecule has 0 aliphatic rings. The molecule has 1 aromatic rings. The molecule has 0 radical (unpaired) electrons. The highest BCUT2D eigenvalue weighted by Crippen LogP contribution is 2.30. The largest absolute Gasteiger partial charge is 0.467 e. The van der Waals surface area contributed by atoms with E-state index in [2.05, 4.69) is 44.2 Å². The monoisotopic (exact) mass is 224 g/mol. The molecule has 3 heteroatoms. The van der Waals surface area contributed by atoms with Crippen molar-refractivity contribution in [3.8, 4) is 0 Å². The van der Waals surface area contributed by atoms with Crippen LogP contribution >= 0.6 is 0 Å². The molecule has 14 heavy (non-hydrogen) atoms. The van der Waals surface area contributed by atoms with Gasteiger partial charge in [-0.25, -0.2) is 0 Å². The summed E-state index contributed by atoms with van der Waals surface area (Å²) in [5, 5.41) is 0.378. The zero-order chi connectivity index (χ0) is 10.4. The minimum atomic E-state index is -0.408. The smallest absolute Gasteiger partial charge is 0.156 e. The molecule has 0 atom stereocenters. The van der Waals surface area contributed by atoms with E-state index in [0.717, 1.165) is 10.5 Å². The van der Waals surface area contributed by atoms with E-state index in [1.54, 1.807) is 0 Å². The topological polar surface area (TPSA) is 9.23 Å². The van der Waals surface area contributed by atoms with Crippen LogP contribution in [0.4, 0.5) is 0 Å². The van der Waals surface area contributed by atoms with Gasteiger partial charge in [0.25, 0.3) is 0 Å². The van der Waals surface area contributed by atoms with Gasteiger partial charge in [-0.2, -0.15) is 0 Å². The van der Waals surface area contributed by atoms with E-state index in [9.17, 15) is 0 Å². The molecular formula is C11H20OSi2. The Bertz CT molecular complexity index is 257. The molecule has 0 saturated heterocycles. The number of benzene rings is 1. The van der Waals surface area contributed by atoms with Crippen LogP contribution in [0.15, 0.2) is 30.3 Å². The fraction of sp³-hybridized carbons (Fsp3) is 0.455. The first-order chi connectivity index (χ1) is 6.79. The SMILES string of the molecule is CCC(CC)([SiH2]O[SiH3])c1ccccc1. The van der Waals surface area contributed by atoms with Gasteiger partial charge in [0.2, 0.25) is 0 Å². The van der Waals surface area contributed by atoms with Crippen molar-refractivity contribution in [3.05, 3.63) is 35.9 Å². The van der Waals surface area contributed by atoms with Crippen LogP contribution in [0.2, 0.25) is 0 Å². The van der Waals surface area contributed by atoms with Crippen LogP contribution in [0.25, 0.3) is 0 Å². The second-order valence-corrected chi connectivity index (χ2v) is 7.74. The zero-order valence-electron chi connectivity index (χ0n) is 9.42. The average Bonchev–Trinajstić information content (AvgIpc) is 2.27. The van der Waals surface area contributed by atoms with Crippen LogP contribution in [0.1, 0.15) is 32.3 Å². The van der Waals surface area contributed by atoms with E-state index in [1.807, 2.05) is 0 Å². The predicted octanol–water partition coefficient (Wildman–Crippen LogP) is 1.08. The molecule has 0 N–H and O–H groups in total. The third-order valence-electron chi connectivity index (χ3n) is 3.16. The fourth-order valence-corrected chi connectivity index (χ4v) is 5.03. The van der Waals surface area contributed by atoms with Crippen molar-refractivity contribution in [2.45, 2.75) is 31.7 Å². The predicted molar refractivity (Wildman–Crippen MR) is 68.3 cm³/mol. The van der Waals surface area contributed by atoms with Crippen LogP contribution in [-0.2, 0) is 9.15 Å². The first kappa shape index (κ1) is 11.7. The van der Waals surface area contributed by atoms with Crippen molar-refractivity contribution in [1.82, 2.24) is 0 Å². The zero-order valence-corrected chi connectivity index (χ0v) is 12.8. The van der Waals surface area contributed by atoms with Crippen LogP contribution in [-0.4, -0.2) is 20.2 Å². The Morgan fingerprint density at radius 2 is 1.79 bits per heavy atom. The molecule has 78 valence electrons. The second kappa shape index (κ2) is 5.48. The number of rotatable bonds is 5. The first-order valence-corrected chi connectivity index (χ1v) is 7.43. The molecule has 1 rings (SSSR count). The van der Waals surface area contributed by atoms with E-state index in [0.29, 0.717) is 5.04 Å². The minimum absolute atomic E-state index is 0.378. The molecule has 0 unspecified atom stereocenters. The van der Waals surface area contributed by atoms with Crippen LogP contribution < -0.4 is 0 Å². The molecule has 0 aromatic heterocycles. The first-order valence-electron chi connectivity index (χ1n) is 5.33. The van der Waals surface area contributed by atoms with Crippen molar-refractivity contribution in [1.29, 1.82) is 0 Å². The summed E-state index contributed by atoms with van der Waals surface area (Å²) in [5.41, 5.74) is 1.48. The summed E-state index contributed by atoms with van der Waals surface area (Å²) in [7, 11) is 0.484. The van der Waals surface area contributed by atoms with Gasteiger partial charge < -0.3 is 4.12 Å². The van der Waals surface area contributed by atoms with Crippen molar-refractivity contribution < 1.29 is 4.12 Å². The van der Waals surface area contributed by atoms with Gasteiger partial charge in [0.15, 0.2) is 9.76 Å². The number of hydrogen-bond acceptors (Lipinski definition) is 1. The van der Waals surface area contributed by atoms with Crippen molar-refractivity contribution in [3.63, 3.8) is 0 Å². The van der Waals surface area contributed by atoms with Gasteiger partial charge in [0.05, 0.1) is 0 Å². The van der Waals surface area contributed by atoms with Gasteiger partial charge in [-0.3, -0.25) is 0 Å². The standard InChI is InChI=1S/C11H20OSi2/c1-3-11(4-2,14-12-13)10-8-6-5-7-9-10/h5-9H,3-4,14H2,1-2,13H3. The van der Waals surface area contributed by atoms with E-state index in [1.165, 1.54) is 18.4 Å². The van der Waals surface area contributed by atoms with Crippen molar-refractivity contribution >= 4 is 20.2 Å². The van der Waals surface area contributed by atoms with Crippen molar-refractivity contribution in [2.24, 2.45) is 0 Å². The van der Waals surface area contributed by atoms with Gasteiger partial charge in [0.1, 0.15) is 10.5 Å². The molecule has 0 spiro atoms. The maximum Gasteiger partial charge on any atom is 0.156 e. The lowest BCUT2D eigenvalue weighted by atomic mass is 9.92. The summed E-state index contributed by atoms with van der Waals surface area (Å²) < 4.78 is 5.62. The van der Waals surface area contributed by atoms with E-state index in [4.69, 9.17) is 4.12 Å². The van der Waals surface area contributed by atoms with Gasteiger partial charge in [-0.1, -0.05) is 44.2 Å². The summed E-state index contributed by atoms with van der Waals surface area (Å²) in [4.78, 5) is 0. The molecule has 1 aromatic carbocycles. The summed E-state index contributed by atoms with van der Waals surface area (Å²) in [6, 6.07) is 10.9.